The molecule has 2 heterocycles. The summed E-state index contributed by atoms with van der Waals surface area (Å²) in [5, 5.41) is 0. The van der Waals surface area contributed by atoms with Crippen molar-refractivity contribution in [3.8, 4) is 0 Å². The van der Waals surface area contributed by atoms with Crippen molar-refractivity contribution in [2.24, 2.45) is 11.7 Å². The maximum absolute atomic E-state index is 13.0. The van der Waals surface area contributed by atoms with Gasteiger partial charge in [-0.15, -0.1) is 0 Å². The molecule has 4 aromatic rings. The summed E-state index contributed by atoms with van der Waals surface area (Å²) >= 11 is 0. The van der Waals surface area contributed by atoms with E-state index < -0.39 is 11.6 Å². The molecule has 1 aliphatic rings. The van der Waals surface area contributed by atoms with E-state index in [0.29, 0.717) is 6.42 Å². The number of carbonyl (C=O) groups is 1. The van der Waals surface area contributed by atoms with Crippen molar-refractivity contribution in [1.82, 2.24) is 14.5 Å². The number of carbonyl (C=O) groups excluding carboxylic acids is 1. The van der Waals surface area contributed by atoms with Gasteiger partial charge < -0.3 is 15.2 Å². The number of rotatable bonds is 11. The molecule has 0 aliphatic carbocycles. The highest BCUT2D eigenvalue weighted by atomic mass is 16.2. The molecule has 1 atom stereocenters. The number of amides is 1. The van der Waals surface area contributed by atoms with Gasteiger partial charge in [0, 0.05) is 18.8 Å². The minimum absolute atomic E-state index is 0.108. The summed E-state index contributed by atoms with van der Waals surface area (Å²) in [6.07, 6.45) is 8.55. The predicted molar refractivity (Wildman–Crippen MR) is 167 cm³/mol. The Balaban J connectivity index is 1.44. The molecule has 1 unspecified atom stereocenters. The fourth-order valence-electron chi connectivity index (χ4n) is 6.65. The van der Waals surface area contributed by atoms with Crippen molar-refractivity contribution in [2.75, 3.05) is 13.1 Å². The van der Waals surface area contributed by atoms with Gasteiger partial charge in [-0.25, -0.2) is 4.98 Å². The lowest BCUT2D eigenvalue weighted by Gasteiger charge is -2.38. The number of imidazole rings is 1. The standard InChI is InChI=1S/C36H44N4O/c1-3-28-23-25-39(26-24-28)35(41)32(37)21-14-22-33-34(4-2)40(27-38-33)36(29-15-8-5-9-16-29,30-17-10-6-11-18-30)31-19-12-7-13-20-31/h5-13,15-20,27-28,32H,3-4,14,21-26,37H2,1-2H3. The fraction of sp³-hybridized carbons (Fsp3) is 0.389. The number of hydrogen-bond acceptors (Lipinski definition) is 3. The Bertz CT molecular complexity index is 1280. The summed E-state index contributed by atoms with van der Waals surface area (Å²) in [7, 11) is 0. The molecule has 0 saturated carbocycles. The van der Waals surface area contributed by atoms with Crippen LogP contribution in [-0.4, -0.2) is 39.5 Å². The molecule has 1 fully saturated rings. The zero-order valence-corrected chi connectivity index (χ0v) is 24.6. The average Bonchev–Trinajstić information content (AvgIpc) is 3.45. The number of benzene rings is 3. The highest BCUT2D eigenvalue weighted by Gasteiger charge is 2.40. The number of likely N-dealkylation sites (tertiary alicyclic amines) is 1. The molecular formula is C36H44N4O. The second-order valence-corrected chi connectivity index (χ2v) is 11.3. The van der Waals surface area contributed by atoms with Crippen molar-refractivity contribution < 1.29 is 4.79 Å². The second kappa shape index (κ2) is 13.3. The van der Waals surface area contributed by atoms with Crippen LogP contribution >= 0.6 is 0 Å². The molecule has 1 amide bonds. The molecular weight excluding hydrogens is 504 g/mol. The molecule has 0 radical (unpaired) electrons. The first-order valence-corrected chi connectivity index (χ1v) is 15.4. The highest BCUT2D eigenvalue weighted by Crippen LogP contribution is 2.42. The second-order valence-electron chi connectivity index (χ2n) is 11.3. The Kier molecular flexibility index (Phi) is 9.35. The molecule has 3 aromatic carbocycles. The number of hydrogen-bond donors (Lipinski definition) is 1. The Morgan fingerprint density at radius 3 is 1.85 bits per heavy atom. The van der Waals surface area contributed by atoms with Gasteiger partial charge in [-0.05, 0) is 61.1 Å². The zero-order valence-electron chi connectivity index (χ0n) is 24.6. The van der Waals surface area contributed by atoms with Crippen LogP contribution in [0.3, 0.4) is 0 Å². The van der Waals surface area contributed by atoms with Gasteiger partial charge in [0.05, 0.1) is 18.1 Å². The maximum atomic E-state index is 13.0. The van der Waals surface area contributed by atoms with Crippen molar-refractivity contribution in [1.29, 1.82) is 0 Å². The third kappa shape index (κ3) is 5.87. The van der Waals surface area contributed by atoms with Crippen LogP contribution in [0.1, 0.15) is 74.0 Å². The van der Waals surface area contributed by atoms with E-state index in [9.17, 15) is 4.79 Å². The molecule has 5 nitrogen and oxygen atoms in total. The van der Waals surface area contributed by atoms with E-state index in [1.807, 2.05) is 11.2 Å². The van der Waals surface area contributed by atoms with Crippen LogP contribution in [0, 0.1) is 5.92 Å². The molecule has 1 aromatic heterocycles. The minimum Gasteiger partial charge on any atom is -0.341 e. The smallest absolute Gasteiger partial charge is 0.239 e. The van der Waals surface area contributed by atoms with Crippen LogP contribution < -0.4 is 5.73 Å². The zero-order chi connectivity index (χ0) is 28.7. The summed E-state index contributed by atoms with van der Waals surface area (Å²) in [6.45, 7) is 6.13. The van der Waals surface area contributed by atoms with E-state index in [1.165, 1.54) is 28.8 Å². The first kappa shape index (κ1) is 28.8. The number of nitrogens with zero attached hydrogens (tertiary/aromatic N) is 3. The van der Waals surface area contributed by atoms with E-state index in [-0.39, 0.29) is 5.91 Å². The number of nitrogens with two attached hydrogens (primary N) is 1. The molecule has 0 spiro atoms. The lowest BCUT2D eigenvalue weighted by Crippen LogP contribution is -2.47. The molecule has 5 rings (SSSR count). The van der Waals surface area contributed by atoms with Gasteiger partial charge in [0.2, 0.25) is 5.91 Å². The lowest BCUT2D eigenvalue weighted by atomic mass is 9.76. The summed E-state index contributed by atoms with van der Waals surface area (Å²) in [5.41, 5.74) is 11.7. The molecule has 1 aliphatic heterocycles. The number of piperidine rings is 1. The number of aromatic nitrogens is 2. The quantitative estimate of drug-likeness (QED) is 0.215. The van der Waals surface area contributed by atoms with Crippen LogP contribution in [0.2, 0.25) is 0 Å². The fourth-order valence-corrected chi connectivity index (χ4v) is 6.65. The summed E-state index contributed by atoms with van der Waals surface area (Å²) < 4.78 is 2.38. The summed E-state index contributed by atoms with van der Waals surface area (Å²) in [6, 6.07) is 31.7. The molecule has 1 saturated heterocycles. The lowest BCUT2D eigenvalue weighted by molar-refractivity contribution is -0.134. The van der Waals surface area contributed by atoms with Crippen LogP contribution in [-0.2, 0) is 23.2 Å². The highest BCUT2D eigenvalue weighted by molar-refractivity contribution is 5.81. The van der Waals surface area contributed by atoms with Gasteiger partial charge in [0.15, 0.2) is 0 Å². The van der Waals surface area contributed by atoms with Crippen LogP contribution in [0.4, 0.5) is 0 Å². The first-order chi connectivity index (χ1) is 20.1. The van der Waals surface area contributed by atoms with Crippen molar-refractivity contribution in [3.63, 3.8) is 0 Å². The normalized spacial score (nSPS) is 15.1. The largest absolute Gasteiger partial charge is 0.341 e. The van der Waals surface area contributed by atoms with E-state index in [4.69, 9.17) is 10.7 Å². The van der Waals surface area contributed by atoms with Gasteiger partial charge >= 0.3 is 0 Å². The Labute approximate surface area is 245 Å². The molecule has 2 N–H and O–H groups in total. The predicted octanol–water partition coefficient (Wildman–Crippen LogP) is 6.58. The third-order valence-electron chi connectivity index (χ3n) is 8.97. The van der Waals surface area contributed by atoms with Crippen molar-refractivity contribution in [3.05, 3.63) is 125 Å². The van der Waals surface area contributed by atoms with Crippen LogP contribution in [0.25, 0.3) is 0 Å². The van der Waals surface area contributed by atoms with Gasteiger partial charge in [-0.1, -0.05) is 111 Å². The monoisotopic (exact) mass is 548 g/mol. The molecule has 214 valence electrons. The van der Waals surface area contributed by atoms with Gasteiger partial charge in [0.25, 0.3) is 0 Å². The van der Waals surface area contributed by atoms with Crippen LogP contribution in [0.15, 0.2) is 97.3 Å². The van der Waals surface area contributed by atoms with Gasteiger partial charge in [-0.3, -0.25) is 4.79 Å². The van der Waals surface area contributed by atoms with E-state index in [2.05, 4.69) is 109 Å². The van der Waals surface area contributed by atoms with E-state index in [1.54, 1.807) is 0 Å². The number of aryl methyl sites for hydroxylation is 1. The molecule has 0 bridgehead atoms. The van der Waals surface area contributed by atoms with Crippen molar-refractivity contribution >= 4 is 5.91 Å². The Morgan fingerprint density at radius 2 is 1.39 bits per heavy atom. The maximum Gasteiger partial charge on any atom is 0.239 e. The minimum atomic E-state index is -0.572. The SMILES string of the molecule is CCc1c(CCCC(N)C(=O)N2CCC(CC)CC2)ncn1C(c1ccccc1)(c1ccccc1)c1ccccc1. The van der Waals surface area contributed by atoms with E-state index >= 15 is 0 Å². The average molecular weight is 549 g/mol. The summed E-state index contributed by atoms with van der Waals surface area (Å²) in [4.78, 5) is 20.0. The Morgan fingerprint density at radius 1 is 0.878 bits per heavy atom. The third-order valence-corrected chi connectivity index (χ3v) is 8.97. The molecule has 41 heavy (non-hydrogen) atoms. The summed E-state index contributed by atoms with van der Waals surface area (Å²) in [5.74, 6) is 0.852. The Hall–Kier alpha value is -3.70. The molecule has 5 heteroatoms. The van der Waals surface area contributed by atoms with Crippen LogP contribution in [0.5, 0.6) is 0 Å². The van der Waals surface area contributed by atoms with Gasteiger partial charge in [-0.2, -0.15) is 0 Å². The van der Waals surface area contributed by atoms with Crippen molar-refractivity contribution in [2.45, 2.75) is 70.4 Å². The first-order valence-electron chi connectivity index (χ1n) is 15.4. The topological polar surface area (TPSA) is 64.2 Å². The van der Waals surface area contributed by atoms with E-state index in [0.717, 1.165) is 56.8 Å². The van der Waals surface area contributed by atoms with Gasteiger partial charge in [0.1, 0.15) is 5.54 Å².